The summed E-state index contributed by atoms with van der Waals surface area (Å²) in [4.78, 5) is 36.9. The number of carboxylic acid groups (broad SMARTS) is 1. The Hall–Kier alpha value is -3.39. The van der Waals surface area contributed by atoms with Crippen LogP contribution in [0, 0.1) is 11.8 Å². The highest BCUT2D eigenvalue weighted by molar-refractivity contribution is 5.86. The predicted octanol–water partition coefficient (Wildman–Crippen LogP) is 3.55. The van der Waals surface area contributed by atoms with Gasteiger partial charge in [-0.2, -0.15) is 0 Å². The molecule has 1 saturated heterocycles. The van der Waals surface area contributed by atoms with Gasteiger partial charge in [-0.05, 0) is 41.0 Å². The Morgan fingerprint density at radius 2 is 1.69 bits per heavy atom. The summed E-state index contributed by atoms with van der Waals surface area (Å²) in [5, 5.41) is 14.8. The molecule has 0 spiro atoms. The zero-order valence-corrected chi connectivity index (χ0v) is 20.0. The van der Waals surface area contributed by atoms with Crippen molar-refractivity contribution >= 4 is 18.0 Å². The normalized spacial score (nSPS) is 19.6. The SMILES string of the molecule is CC(C)C[C@@H](NC(=O)OCC1c2ccccc2-c2ccccc21)C(=O)NC[C@@H]1CCO[C@@H]1C(=O)O. The van der Waals surface area contributed by atoms with E-state index in [1.807, 2.05) is 50.2 Å². The number of benzene rings is 2. The van der Waals surface area contributed by atoms with Gasteiger partial charge in [-0.15, -0.1) is 0 Å². The van der Waals surface area contributed by atoms with E-state index in [1.54, 1.807) is 0 Å². The van der Waals surface area contributed by atoms with Crippen molar-refractivity contribution in [3.05, 3.63) is 59.7 Å². The lowest BCUT2D eigenvalue weighted by molar-refractivity contribution is -0.149. The first-order valence-corrected chi connectivity index (χ1v) is 12.1. The molecular formula is C27H32N2O6. The van der Waals surface area contributed by atoms with Gasteiger partial charge in [0.1, 0.15) is 12.6 Å². The number of carbonyl (C=O) groups is 3. The molecule has 1 heterocycles. The number of ether oxygens (including phenoxy) is 2. The third-order valence-corrected chi connectivity index (χ3v) is 6.66. The van der Waals surface area contributed by atoms with Gasteiger partial charge in [0.05, 0.1) is 0 Å². The molecule has 35 heavy (non-hydrogen) atoms. The number of fused-ring (bicyclic) bond motifs is 3. The first-order chi connectivity index (χ1) is 16.8. The number of hydrogen-bond donors (Lipinski definition) is 3. The number of carboxylic acids is 1. The van der Waals surface area contributed by atoms with Gasteiger partial charge in [0, 0.05) is 25.0 Å². The van der Waals surface area contributed by atoms with Gasteiger partial charge >= 0.3 is 12.1 Å². The van der Waals surface area contributed by atoms with E-state index in [-0.39, 0.29) is 36.8 Å². The largest absolute Gasteiger partial charge is 0.479 e. The van der Waals surface area contributed by atoms with Gasteiger partial charge < -0.3 is 25.2 Å². The van der Waals surface area contributed by atoms with Crippen molar-refractivity contribution in [2.24, 2.45) is 11.8 Å². The van der Waals surface area contributed by atoms with Gasteiger partial charge in [0.2, 0.25) is 5.91 Å². The van der Waals surface area contributed by atoms with E-state index in [0.717, 1.165) is 22.3 Å². The van der Waals surface area contributed by atoms with Gasteiger partial charge in [0.25, 0.3) is 0 Å². The van der Waals surface area contributed by atoms with Crippen LogP contribution in [-0.4, -0.2) is 55.0 Å². The second kappa shape index (κ2) is 10.9. The van der Waals surface area contributed by atoms with Crippen LogP contribution in [0.4, 0.5) is 4.79 Å². The average Bonchev–Trinajstić information content (AvgIpc) is 3.43. The van der Waals surface area contributed by atoms with E-state index in [4.69, 9.17) is 9.47 Å². The first kappa shape index (κ1) is 24.7. The minimum atomic E-state index is -1.03. The third kappa shape index (κ3) is 5.65. The summed E-state index contributed by atoms with van der Waals surface area (Å²) in [6.07, 6.45) is -0.583. The zero-order chi connectivity index (χ0) is 24.9. The molecule has 1 aliphatic carbocycles. The fraction of sp³-hybridized carbons (Fsp3) is 0.444. The van der Waals surface area contributed by atoms with Gasteiger partial charge in [-0.1, -0.05) is 62.4 Å². The fourth-order valence-corrected chi connectivity index (χ4v) is 4.96. The molecule has 186 valence electrons. The Balaban J connectivity index is 1.36. The summed E-state index contributed by atoms with van der Waals surface area (Å²) >= 11 is 0. The molecule has 8 nitrogen and oxygen atoms in total. The van der Waals surface area contributed by atoms with Crippen molar-refractivity contribution in [3.8, 4) is 11.1 Å². The van der Waals surface area contributed by atoms with Crippen molar-refractivity contribution in [1.29, 1.82) is 0 Å². The highest BCUT2D eigenvalue weighted by atomic mass is 16.5. The molecule has 3 N–H and O–H groups in total. The lowest BCUT2D eigenvalue weighted by Crippen LogP contribution is -2.49. The van der Waals surface area contributed by atoms with Crippen LogP contribution in [0.15, 0.2) is 48.5 Å². The Bertz CT molecular complexity index is 1040. The smallest absolute Gasteiger partial charge is 0.407 e. The molecule has 2 aromatic rings. The van der Waals surface area contributed by atoms with E-state index in [1.165, 1.54) is 0 Å². The maximum absolute atomic E-state index is 12.9. The molecule has 3 atom stereocenters. The van der Waals surface area contributed by atoms with Crippen molar-refractivity contribution in [2.45, 2.75) is 44.8 Å². The highest BCUT2D eigenvalue weighted by Gasteiger charge is 2.35. The van der Waals surface area contributed by atoms with Gasteiger partial charge in [-0.3, -0.25) is 4.79 Å². The number of rotatable bonds is 9. The number of carbonyl (C=O) groups excluding carboxylic acids is 2. The van der Waals surface area contributed by atoms with Gasteiger partial charge in [0.15, 0.2) is 6.10 Å². The maximum atomic E-state index is 12.9. The van der Waals surface area contributed by atoms with Crippen LogP contribution in [0.25, 0.3) is 11.1 Å². The highest BCUT2D eigenvalue weighted by Crippen LogP contribution is 2.44. The molecule has 0 aromatic heterocycles. The lowest BCUT2D eigenvalue weighted by atomic mass is 9.98. The molecule has 0 saturated carbocycles. The second-order valence-corrected chi connectivity index (χ2v) is 9.58. The number of hydrogen-bond acceptors (Lipinski definition) is 5. The van der Waals surface area contributed by atoms with Crippen LogP contribution >= 0.6 is 0 Å². The van der Waals surface area contributed by atoms with Crippen LogP contribution in [0.5, 0.6) is 0 Å². The topological polar surface area (TPSA) is 114 Å². The third-order valence-electron chi connectivity index (χ3n) is 6.66. The maximum Gasteiger partial charge on any atom is 0.407 e. The summed E-state index contributed by atoms with van der Waals surface area (Å²) in [5.74, 6) is -1.60. The van der Waals surface area contributed by atoms with E-state index in [2.05, 4.69) is 22.8 Å². The quantitative estimate of drug-likeness (QED) is 0.506. The fourth-order valence-electron chi connectivity index (χ4n) is 4.96. The summed E-state index contributed by atoms with van der Waals surface area (Å²) in [6, 6.07) is 15.4. The molecule has 8 heteroatoms. The monoisotopic (exact) mass is 480 g/mol. The molecule has 1 fully saturated rings. The molecule has 0 unspecified atom stereocenters. The molecule has 2 aliphatic rings. The zero-order valence-electron chi connectivity index (χ0n) is 20.0. The molecular weight excluding hydrogens is 448 g/mol. The number of aliphatic carboxylic acids is 1. The van der Waals surface area contributed by atoms with Crippen LogP contribution in [0.3, 0.4) is 0 Å². The Morgan fingerprint density at radius 3 is 2.29 bits per heavy atom. The van der Waals surface area contributed by atoms with Crippen LogP contribution < -0.4 is 10.6 Å². The summed E-state index contributed by atoms with van der Waals surface area (Å²) in [7, 11) is 0. The molecule has 2 amide bonds. The second-order valence-electron chi connectivity index (χ2n) is 9.58. The summed E-state index contributed by atoms with van der Waals surface area (Å²) < 4.78 is 10.8. The Morgan fingerprint density at radius 1 is 1.06 bits per heavy atom. The van der Waals surface area contributed by atoms with Crippen molar-refractivity contribution in [3.63, 3.8) is 0 Å². The average molecular weight is 481 g/mol. The Kier molecular flexibility index (Phi) is 7.70. The number of alkyl carbamates (subject to hydrolysis) is 1. The number of nitrogens with one attached hydrogen (secondary N) is 2. The summed E-state index contributed by atoms with van der Waals surface area (Å²) in [6.45, 7) is 4.62. The molecule has 2 aromatic carbocycles. The minimum Gasteiger partial charge on any atom is -0.479 e. The van der Waals surface area contributed by atoms with E-state index in [0.29, 0.717) is 19.4 Å². The van der Waals surface area contributed by atoms with E-state index >= 15 is 0 Å². The lowest BCUT2D eigenvalue weighted by Gasteiger charge is -2.22. The van der Waals surface area contributed by atoms with Gasteiger partial charge in [-0.25, -0.2) is 9.59 Å². The predicted molar refractivity (Wildman–Crippen MR) is 130 cm³/mol. The van der Waals surface area contributed by atoms with Crippen LogP contribution in [-0.2, 0) is 19.1 Å². The van der Waals surface area contributed by atoms with E-state index < -0.39 is 24.2 Å². The van der Waals surface area contributed by atoms with Crippen LogP contribution in [0.1, 0.15) is 43.7 Å². The first-order valence-electron chi connectivity index (χ1n) is 12.1. The van der Waals surface area contributed by atoms with Crippen molar-refractivity contribution in [1.82, 2.24) is 10.6 Å². The molecule has 1 aliphatic heterocycles. The molecule has 0 bridgehead atoms. The minimum absolute atomic E-state index is 0.0687. The van der Waals surface area contributed by atoms with E-state index in [9.17, 15) is 19.5 Å². The van der Waals surface area contributed by atoms with Crippen LogP contribution in [0.2, 0.25) is 0 Å². The standard InChI is InChI=1S/C27H32N2O6/c1-16(2)13-23(25(30)28-14-17-11-12-34-24(17)26(31)32)29-27(33)35-15-22-20-9-5-3-7-18(20)19-8-4-6-10-21(19)22/h3-10,16-17,22-24H,11-15H2,1-2H3,(H,28,30)(H,29,33)(H,31,32)/t17-,23+,24-/m0/s1. The summed E-state index contributed by atoms with van der Waals surface area (Å²) in [5.41, 5.74) is 4.52. The van der Waals surface area contributed by atoms with Crippen molar-refractivity contribution in [2.75, 3.05) is 19.8 Å². The number of amides is 2. The Labute approximate surface area is 205 Å². The van der Waals surface area contributed by atoms with Crippen molar-refractivity contribution < 1.29 is 29.0 Å². The molecule has 0 radical (unpaired) electrons. The molecule has 4 rings (SSSR count).